The SMILES string of the molecule is NS(=O)(=O)Cc1ccc(NC(=O)C2CCCC2)cc1. The lowest BCUT2D eigenvalue weighted by Crippen LogP contribution is -2.20. The summed E-state index contributed by atoms with van der Waals surface area (Å²) in [5.41, 5.74) is 1.30. The Morgan fingerprint density at radius 3 is 2.32 bits per heavy atom. The van der Waals surface area contributed by atoms with Crippen molar-refractivity contribution in [1.29, 1.82) is 0 Å². The standard InChI is InChI=1S/C13H18N2O3S/c14-19(17,18)9-10-5-7-12(8-6-10)15-13(16)11-3-1-2-4-11/h5-8,11H,1-4,9H2,(H,15,16)(H2,14,17,18). The molecule has 1 amide bonds. The van der Waals surface area contributed by atoms with Crippen molar-refractivity contribution in [2.45, 2.75) is 31.4 Å². The number of nitrogens with two attached hydrogens (primary N) is 1. The molecule has 5 nitrogen and oxygen atoms in total. The molecule has 104 valence electrons. The van der Waals surface area contributed by atoms with E-state index in [-0.39, 0.29) is 17.6 Å². The van der Waals surface area contributed by atoms with Gasteiger partial charge in [-0.1, -0.05) is 25.0 Å². The average molecular weight is 282 g/mol. The Kier molecular flexibility index (Phi) is 4.21. The zero-order chi connectivity index (χ0) is 13.9. The second kappa shape index (κ2) is 5.71. The predicted octanol–water partition coefficient (Wildman–Crippen LogP) is 1.60. The number of carbonyl (C=O) groups is 1. The molecule has 0 bridgehead atoms. The van der Waals surface area contributed by atoms with Crippen LogP contribution in [0.5, 0.6) is 0 Å². The molecule has 0 aliphatic heterocycles. The molecule has 0 heterocycles. The maximum absolute atomic E-state index is 11.9. The molecule has 1 saturated carbocycles. The highest BCUT2D eigenvalue weighted by Crippen LogP contribution is 2.26. The Morgan fingerprint density at radius 2 is 1.79 bits per heavy atom. The van der Waals surface area contributed by atoms with Gasteiger partial charge in [0.25, 0.3) is 0 Å². The molecule has 0 atom stereocenters. The number of rotatable bonds is 4. The van der Waals surface area contributed by atoms with E-state index in [2.05, 4.69) is 5.32 Å². The summed E-state index contributed by atoms with van der Waals surface area (Å²) in [7, 11) is -3.51. The van der Waals surface area contributed by atoms with Gasteiger partial charge in [-0.25, -0.2) is 13.6 Å². The number of hydrogen-bond acceptors (Lipinski definition) is 3. The maximum atomic E-state index is 11.9. The molecule has 1 aliphatic rings. The van der Waals surface area contributed by atoms with Crippen molar-refractivity contribution in [2.75, 3.05) is 5.32 Å². The summed E-state index contributed by atoms with van der Waals surface area (Å²) in [6, 6.07) is 6.73. The third kappa shape index (κ3) is 4.33. The van der Waals surface area contributed by atoms with Crippen LogP contribution in [0.15, 0.2) is 24.3 Å². The lowest BCUT2D eigenvalue weighted by atomic mass is 10.1. The van der Waals surface area contributed by atoms with Gasteiger partial charge in [-0.2, -0.15) is 0 Å². The van der Waals surface area contributed by atoms with E-state index in [4.69, 9.17) is 5.14 Å². The van der Waals surface area contributed by atoms with Gasteiger partial charge in [0.15, 0.2) is 0 Å². The third-order valence-electron chi connectivity index (χ3n) is 3.32. The number of carbonyl (C=O) groups excluding carboxylic acids is 1. The first-order chi connectivity index (χ1) is 8.94. The molecule has 6 heteroatoms. The molecule has 3 N–H and O–H groups in total. The van der Waals surface area contributed by atoms with Gasteiger partial charge in [-0.15, -0.1) is 0 Å². The van der Waals surface area contributed by atoms with Gasteiger partial charge in [0.2, 0.25) is 15.9 Å². The lowest BCUT2D eigenvalue weighted by Gasteiger charge is -2.10. The highest BCUT2D eigenvalue weighted by atomic mass is 32.2. The second-order valence-electron chi connectivity index (χ2n) is 4.97. The molecule has 1 aromatic rings. The highest BCUT2D eigenvalue weighted by molar-refractivity contribution is 7.88. The van der Waals surface area contributed by atoms with Crippen molar-refractivity contribution in [1.82, 2.24) is 0 Å². The normalized spacial score (nSPS) is 16.5. The number of primary sulfonamides is 1. The number of benzene rings is 1. The summed E-state index contributed by atoms with van der Waals surface area (Å²) in [5, 5.41) is 7.83. The Bertz CT molecular complexity index is 546. The summed E-state index contributed by atoms with van der Waals surface area (Å²) in [5.74, 6) is -0.0232. The van der Waals surface area contributed by atoms with Crippen molar-refractivity contribution < 1.29 is 13.2 Å². The van der Waals surface area contributed by atoms with E-state index in [1.54, 1.807) is 24.3 Å². The van der Waals surface area contributed by atoms with Gasteiger partial charge in [0, 0.05) is 11.6 Å². The number of anilines is 1. The summed E-state index contributed by atoms with van der Waals surface area (Å²) in [4.78, 5) is 11.9. The van der Waals surface area contributed by atoms with E-state index in [9.17, 15) is 13.2 Å². The van der Waals surface area contributed by atoms with Crippen LogP contribution in [0.4, 0.5) is 5.69 Å². The zero-order valence-electron chi connectivity index (χ0n) is 10.6. The first-order valence-corrected chi connectivity index (χ1v) is 8.06. The molecule has 0 radical (unpaired) electrons. The fourth-order valence-corrected chi connectivity index (χ4v) is 3.01. The summed E-state index contributed by atoms with van der Waals surface area (Å²) in [6.07, 6.45) is 4.14. The topological polar surface area (TPSA) is 89.3 Å². The van der Waals surface area contributed by atoms with Crippen molar-refractivity contribution in [3.63, 3.8) is 0 Å². The molecule has 0 unspecified atom stereocenters. The average Bonchev–Trinajstić information content (AvgIpc) is 2.83. The molecule has 1 aliphatic carbocycles. The van der Waals surface area contributed by atoms with Crippen LogP contribution in [0.2, 0.25) is 0 Å². The predicted molar refractivity (Wildman–Crippen MR) is 73.8 cm³/mol. The quantitative estimate of drug-likeness (QED) is 0.879. The largest absolute Gasteiger partial charge is 0.326 e. The molecule has 0 saturated heterocycles. The molecule has 0 spiro atoms. The molecule has 19 heavy (non-hydrogen) atoms. The van der Waals surface area contributed by atoms with Gasteiger partial charge in [-0.05, 0) is 30.5 Å². The number of nitrogens with one attached hydrogen (secondary N) is 1. The Hall–Kier alpha value is -1.40. The van der Waals surface area contributed by atoms with Gasteiger partial charge >= 0.3 is 0 Å². The fraction of sp³-hybridized carbons (Fsp3) is 0.462. The van der Waals surface area contributed by atoms with E-state index >= 15 is 0 Å². The van der Waals surface area contributed by atoms with E-state index in [0.29, 0.717) is 11.3 Å². The molecule has 0 aromatic heterocycles. The maximum Gasteiger partial charge on any atom is 0.227 e. The minimum absolute atomic E-state index is 0.0525. The third-order valence-corrected chi connectivity index (χ3v) is 4.05. The van der Waals surface area contributed by atoms with Crippen molar-refractivity contribution in [3.05, 3.63) is 29.8 Å². The van der Waals surface area contributed by atoms with Crippen LogP contribution in [-0.2, 0) is 20.6 Å². The van der Waals surface area contributed by atoms with Crippen LogP contribution in [0.3, 0.4) is 0 Å². The number of sulfonamides is 1. The smallest absolute Gasteiger partial charge is 0.227 e. The molecule has 2 rings (SSSR count). The van der Waals surface area contributed by atoms with Crippen molar-refractivity contribution >= 4 is 21.6 Å². The van der Waals surface area contributed by atoms with Gasteiger partial charge in [0.1, 0.15) is 0 Å². The Labute approximate surface area is 113 Å². The van der Waals surface area contributed by atoms with Gasteiger partial charge in [0.05, 0.1) is 5.75 Å². The fourth-order valence-electron chi connectivity index (χ4n) is 2.35. The van der Waals surface area contributed by atoms with Crippen molar-refractivity contribution in [3.8, 4) is 0 Å². The summed E-state index contributed by atoms with van der Waals surface area (Å²) in [6.45, 7) is 0. The van der Waals surface area contributed by atoms with Crippen molar-refractivity contribution in [2.24, 2.45) is 11.1 Å². The zero-order valence-corrected chi connectivity index (χ0v) is 11.4. The van der Waals surface area contributed by atoms with E-state index < -0.39 is 10.0 Å². The van der Waals surface area contributed by atoms with Crippen LogP contribution in [0.25, 0.3) is 0 Å². The first-order valence-electron chi connectivity index (χ1n) is 6.34. The van der Waals surface area contributed by atoms with Crippen LogP contribution in [0.1, 0.15) is 31.2 Å². The van der Waals surface area contributed by atoms with E-state index in [0.717, 1.165) is 25.7 Å². The lowest BCUT2D eigenvalue weighted by molar-refractivity contribution is -0.119. The molecule has 1 fully saturated rings. The van der Waals surface area contributed by atoms with Gasteiger partial charge < -0.3 is 5.32 Å². The molecular formula is C13H18N2O3S. The van der Waals surface area contributed by atoms with Gasteiger partial charge in [-0.3, -0.25) is 4.79 Å². The summed E-state index contributed by atoms with van der Waals surface area (Å²) < 4.78 is 21.9. The van der Waals surface area contributed by atoms with E-state index in [1.165, 1.54) is 0 Å². The van der Waals surface area contributed by atoms with Crippen LogP contribution in [0, 0.1) is 5.92 Å². The summed E-state index contributed by atoms with van der Waals surface area (Å²) >= 11 is 0. The Morgan fingerprint density at radius 1 is 1.21 bits per heavy atom. The van der Waals surface area contributed by atoms with Crippen LogP contribution < -0.4 is 10.5 Å². The minimum Gasteiger partial charge on any atom is -0.326 e. The van der Waals surface area contributed by atoms with Crippen LogP contribution >= 0.6 is 0 Å². The first kappa shape index (κ1) is 14.0. The van der Waals surface area contributed by atoms with E-state index in [1.807, 2.05) is 0 Å². The van der Waals surface area contributed by atoms with Crippen LogP contribution in [-0.4, -0.2) is 14.3 Å². The molecule has 1 aromatic carbocycles. The highest BCUT2D eigenvalue weighted by Gasteiger charge is 2.22. The second-order valence-corrected chi connectivity index (χ2v) is 6.59. The minimum atomic E-state index is -3.51. The number of amides is 1. The number of hydrogen-bond donors (Lipinski definition) is 2. The molecular weight excluding hydrogens is 264 g/mol. The monoisotopic (exact) mass is 282 g/mol. The Balaban J connectivity index is 1.96.